The van der Waals surface area contributed by atoms with E-state index < -0.39 is 28.1 Å². The number of fused-ring (bicyclic) bond motifs is 1. The third-order valence-electron chi connectivity index (χ3n) is 4.00. The maximum absolute atomic E-state index is 12.8. The summed E-state index contributed by atoms with van der Waals surface area (Å²) in [7, 11) is 0. The van der Waals surface area contributed by atoms with Gasteiger partial charge in [0.25, 0.3) is 0 Å². The summed E-state index contributed by atoms with van der Waals surface area (Å²) in [6.45, 7) is 4.90. The number of carboxylic acid groups (broad SMARTS) is 1. The minimum atomic E-state index is -0.970. The van der Waals surface area contributed by atoms with Crippen LogP contribution in [-0.2, 0) is 9.59 Å². The van der Waals surface area contributed by atoms with E-state index >= 15 is 0 Å². The number of carboxylic acids is 1. The molecule has 0 radical (unpaired) electrons. The van der Waals surface area contributed by atoms with E-state index in [4.69, 9.17) is 9.15 Å². The highest BCUT2D eigenvalue weighted by Gasteiger charge is 2.46. The number of rotatable bonds is 3. The van der Waals surface area contributed by atoms with Gasteiger partial charge in [0.1, 0.15) is 23.6 Å². The lowest BCUT2D eigenvalue weighted by molar-refractivity contribution is -0.140. The van der Waals surface area contributed by atoms with Crippen molar-refractivity contribution in [2.75, 3.05) is 0 Å². The normalized spacial score (nSPS) is 22.0. The molecule has 1 fully saturated rings. The van der Waals surface area contributed by atoms with Crippen molar-refractivity contribution >= 4 is 34.7 Å². The van der Waals surface area contributed by atoms with Gasteiger partial charge < -0.3 is 14.3 Å². The lowest BCUT2D eigenvalue weighted by atomic mass is 10.0. The Hall–Kier alpha value is -2.32. The van der Waals surface area contributed by atoms with Gasteiger partial charge in [-0.2, -0.15) is 0 Å². The molecule has 0 unspecified atom stereocenters. The zero-order valence-corrected chi connectivity index (χ0v) is 14.7. The molecule has 0 bridgehead atoms. The Bertz CT molecular complexity index is 919. The number of aliphatic carboxylic acids is 1. The zero-order chi connectivity index (χ0) is 18.4. The van der Waals surface area contributed by atoms with Crippen molar-refractivity contribution in [3.05, 3.63) is 40.2 Å². The molecule has 3 rings (SSSR count). The van der Waals surface area contributed by atoms with Crippen molar-refractivity contribution in [1.29, 1.82) is 0 Å². The van der Waals surface area contributed by atoms with Crippen LogP contribution in [0.1, 0.15) is 31.7 Å². The summed E-state index contributed by atoms with van der Waals surface area (Å²) in [4.78, 5) is 35.3. The van der Waals surface area contributed by atoms with Crippen LogP contribution in [0.3, 0.4) is 0 Å². The average molecular weight is 363 g/mol. The second kappa shape index (κ2) is 6.20. The second-order valence-electron chi connectivity index (χ2n) is 6.31. The van der Waals surface area contributed by atoms with Gasteiger partial charge in [0, 0.05) is 11.7 Å². The van der Waals surface area contributed by atoms with Crippen molar-refractivity contribution in [3.63, 3.8) is 0 Å². The Morgan fingerprint density at radius 2 is 2.08 bits per heavy atom. The van der Waals surface area contributed by atoms with E-state index in [-0.39, 0.29) is 16.6 Å². The van der Waals surface area contributed by atoms with E-state index in [1.54, 1.807) is 12.1 Å². The minimum absolute atomic E-state index is 0.250. The summed E-state index contributed by atoms with van der Waals surface area (Å²) in [6.07, 6.45) is 1.35. The predicted octanol–water partition coefficient (Wildman–Crippen LogP) is 2.29. The maximum Gasteiger partial charge on any atom is 0.322 e. The van der Waals surface area contributed by atoms with Crippen LogP contribution in [0.5, 0.6) is 5.75 Å². The molecule has 0 saturated carbocycles. The maximum atomic E-state index is 12.8. The van der Waals surface area contributed by atoms with Gasteiger partial charge in [-0.1, -0.05) is 0 Å². The number of hydrogen-bond acceptors (Lipinski definition) is 7. The molecule has 1 aromatic heterocycles. The van der Waals surface area contributed by atoms with Crippen molar-refractivity contribution in [3.8, 4) is 5.75 Å². The van der Waals surface area contributed by atoms with Crippen LogP contribution in [0.2, 0.25) is 0 Å². The van der Waals surface area contributed by atoms with E-state index in [1.807, 2.05) is 13.8 Å². The quantitative estimate of drug-likeness (QED) is 0.632. The highest BCUT2D eigenvalue weighted by Crippen LogP contribution is 2.45. The highest BCUT2D eigenvalue weighted by molar-refractivity contribution is 8.01. The SMILES string of the molecule is CC(=O)Oc1ccc2occ([C@@H]3N[C@@H](C(=O)O)C(C)(C)S3)c(=O)c2c1. The van der Waals surface area contributed by atoms with E-state index in [0.29, 0.717) is 11.1 Å². The Kier molecular flexibility index (Phi) is 4.34. The lowest BCUT2D eigenvalue weighted by Crippen LogP contribution is -2.43. The molecule has 1 aliphatic rings. The molecule has 1 aromatic carbocycles. The molecule has 1 saturated heterocycles. The van der Waals surface area contributed by atoms with Crippen LogP contribution in [-0.4, -0.2) is 27.8 Å². The lowest BCUT2D eigenvalue weighted by Gasteiger charge is -2.20. The number of carbonyl (C=O) groups is 2. The van der Waals surface area contributed by atoms with Crippen LogP contribution < -0.4 is 15.5 Å². The molecule has 7 nitrogen and oxygen atoms in total. The number of benzene rings is 1. The van der Waals surface area contributed by atoms with Gasteiger partial charge in [0.15, 0.2) is 5.43 Å². The van der Waals surface area contributed by atoms with Gasteiger partial charge in [0.2, 0.25) is 0 Å². The number of nitrogens with one attached hydrogen (secondary N) is 1. The number of hydrogen-bond donors (Lipinski definition) is 2. The molecule has 2 atom stereocenters. The fourth-order valence-corrected chi connectivity index (χ4v) is 4.22. The van der Waals surface area contributed by atoms with Gasteiger partial charge >= 0.3 is 11.9 Å². The first-order valence-electron chi connectivity index (χ1n) is 7.59. The number of ether oxygens (including phenoxy) is 1. The fraction of sp³-hybridized carbons (Fsp3) is 0.353. The average Bonchev–Trinajstić information content (AvgIpc) is 2.83. The molecule has 2 N–H and O–H groups in total. The number of thioether (sulfide) groups is 1. The standard InChI is InChI=1S/C17H17NO6S/c1-8(19)24-9-4-5-12-10(6-9)13(20)11(7-23-12)15-18-14(16(21)22)17(2,3)25-15/h4-7,14-15,18H,1-3H3,(H,21,22)/t14-,15+/m0/s1. The molecule has 132 valence electrons. The first-order chi connectivity index (χ1) is 11.7. The van der Waals surface area contributed by atoms with E-state index in [1.165, 1.54) is 31.0 Å². The molecular weight excluding hydrogens is 346 g/mol. The third kappa shape index (κ3) is 3.27. The largest absolute Gasteiger partial charge is 0.480 e. The highest BCUT2D eigenvalue weighted by atomic mass is 32.2. The summed E-state index contributed by atoms with van der Waals surface area (Å²) in [5.41, 5.74) is 0.401. The van der Waals surface area contributed by atoms with Gasteiger partial charge in [-0.05, 0) is 32.0 Å². The summed E-state index contributed by atoms with van der Waals surface area (Å²) >= 11 is 1.36. The Balaban J connectivity index is 2.03. The molecule has 0 spiro atoms. The zero-order valence-electron chi connectivity index (χ0n) is 13.9. The van der Waals surface area contributed by atoms with Crippen molar-refractivity contribution in [2.45, 2.75) is 36.9 Å². The molecule has 2 aromatic rings. The van der Waals surface area contributed by atoms with Crippen molar-refractivity contribution in [1.82, 2.24) is 5.32 Å². The Labute approximate surface area is 147 Å². The monoisotopic (exact) mass is 363 g/mol. The predicted molar refractivity (Wildman–Crippen MR) is 92.8 cm³/mol. The summed E-state index contributed by atoms with van der Waals surface area (Å²) in [6, 6.07) is 3.76. The van der Waals surface area contributed by atoms with E-state index in [2.05, 4.69) is 5.32 Å². The summed E-state index contributed by atoms with van der Waals surface area (Å²) in [5.74, 6) is -1.21. The van der Waals surface area contributed by atoms with Gasteiger partial charge in [-0.3, -0.25) is 19.7 Å². The third-order valence-corrected chi connectivity index (χ3v) is 5.47. The van der Waals surface area contributed by atoms with Crippen LogP contribution >= 0.6 is 11.8 Å². The summed E-state index contributed by atoms with van der Waals surface area (Å²) in [5, 5.41) is 12.1. The summed E-state index contributed by atoms with van der Waals surface area (Å²) < 4.78 is 9.94. The number of carbonyl (C=O) groups excluding carboxylic acids is 1. The Morgan fingerprint density at radius 3 is 2.68 bits per heavy atom. The first kappa shape index (κ1) is 17.5. The molecule has 25 heavy (non-hydrogen) atoms. The van der Waals surface area contributed by atoms with Gasteiger partial charge in [-0.15, -0.1) is 11.8 Å². The van der Waals surface area contributed by atoms with Crippen molar-refractivity contribution in [2.24, 2.45) is 0 Å². The van der Waals surface area contributed by atoms with Gasteiger partial charge in [0.05, 0.1) is 16.3 Å². The van der Waals surface area contributed by atoms with Crippen LogP contribution in [0, 0.1) is 0 Å². The molecule has 1 aliphatic heterocycles. The smallest absolute Gasteiger partial charge is 0.322 e. The molecule has 0 amide bonds. The van der Waals surface area contributed by atoms with Crippen LogP contribution in [0.25, 0.3) is 11.0 Å². The topological polar surface area (TPSA) is 106 Å². The second-order valence-corrected chi connectivity index (χ2v) is 8.07. The van der Waals surface area contributed by atoms with Gasteiger partial charge in [-0.25, -0.2) is 0 Å². The molecule has 0 aliphatic carbocycles. The van der Waals surface area contributed by atoms with E-state index in [9.17, 15) is 19.5 Å². The van der Waals surface area contributed by atoms with E-state index in [0.717, 1.165) is 0 Å². The molecular formula is C17H17NO6S. The van der Waals surface area contributed by atoms with Crippen LogP contribution in [0.15, 0.2) is 33.7 Å². The number of esters is 1. The molecule has 8 heteroatoms. The van der Waals surface area contributed by atoms with Crippen LogP contribution in [0.4, 0.5) is 0 Å². The first-order valence-corrected chi connectivity index (χ1v) is 8.47. The van der Waals surface area contributed by atoms with Crippen molar-refractivity contribution < 1.29 is 23.8 Å². The minimum Gasteiger partial charge on any atom is -0.480 e. The fourth-order valence-electron chi connectivity index (χ4n) is 2.82. The Morgan fingerprint density at radius 1 is 1.36 bits per heavy atom. The molecule has 2 heterocycles.